The molecule has 0 amide bonds. The third-order valence-corrected chi connectivity index (χ3v) is 3.37. The van der Waals surface area contributed by atoms with Gasteiger partial charge in [-0.05, 0) is 32.0 Å². The lowest BCUT2D eigenvalue weighted by molar-refractivity contribution is 0.0948. The molecule has 0 spiro atoms. The lowest BCUT2D eigenvalue weighted by atomic mass is 10.0. The van der Waals surface area contributed by atoms with Crippen molar-refractivity contribution in [2.45, 2.75) is 25.9 Å². The Morgan fingerprint density at radius 2 is 2.24 bits per heavy atom. The summed E-state index contributed by atoms with van der Waals surface area (Å²) in [4.78, 5) is 16.4. The number of rotatable bonds is 8. The summed E-state index contributed by atoms with van der Waals surface area (Å²) >= 11 is 0. The standard InChI is InChI=1S/C16H21N3O2/c1-13(18-8-5-10-19-11-9-17-12-19)16(20)14-6-3-4-7-15(14)21-2/h3-4,6-7,9,11-13,18H,5,8,10H2,1-2H3. The van der Waals surface area contributed by atoms with Crippen molar-refractivity contribution < 1.29 is 9.53 Å². The number of aromatic nitrogens is 2. The van der Waals surface area contributed by atoms with Crippen molar-refractivity contribution >= 4 is 5.78 Å². The molecule has 0 aliphatic carbocycles. The number of carbonyl (C=O) groups excluding carboxylic acids is 1. The van der Waals surface area contributed by atoms with Crippen LogP contribution in [0.2, 0.25) is 0 Å². The van der Waals surface area contributed by atoms with Gasteiger partial charge in [-0.3, -0.25) is 4.79 Å². The monoisotopic (exact) mass is 287 g/mol. The molecule has 0 aliphatic rings. The number of ketones is 1. The molecule has 2 aromatic rings. The second-order valence-electron chi connectivity index (χ2n) is 4.89. The van der Waals surface area contributed by atoms with Crippen LogP contribution in [0.15, 0.2) is 43.0 Å². The number of benzene rings is 1. The normalized spacial score (nSPS) is 12.1. The number of nitrogens with one attached hydrogen (secondary N) is 1. The topological polar surface area (TPSA) is 56.1 Å². The van der Waals surface area contributed by atoms with Gasteiger partial charge in [-0.2, -0.15) is 0 Å². The zero-order chi connectivity index (χ0) is 15.1. The number of Topliss-reactive ketones (excluding diaryl/α,β-unsaturated/α-hetero) is 1. The Balaban J connectivity index is 1.82. The summed E-state index contributed by atoms with van der Waals surface area (Å²) in [5.41, 5.74) is 0.620. The minimum absolute atomic E-state index is 0.0510. The van der Waals surface area contributed by atoms with Gasteiger partial charge in [-0.15, -0.1) is 0 Å². The van der Waals surface area contributed by atoms with E-state index in [1.807, 2.05) is 29.8 Å². The molecule has 2 rings (SSSR count). The van der Waals surface area contributed by atoms with Gasteiger partial charge in [0.15, 0.2) is 5.78 Å². The van der Waals surface area contributed by atoms with Crippen LogP contribution in [0, 0.1) is 0 Å². The minimum Gasteiger partial charge on any atom is -0.496 e. The minimum atomic E-state index is -0.232. The van der Waals surface area contributed by atoms with Gasteiger partial charge in [0.25, 0.3) is 0 Å². The van der Waals surface area contributed by atoms with Gasteiger partial charge in [0.05, 0.1) is 25.0 Å². The van der Waals surface area contributed by atoms with E-state index in [-0.39, 0.29) is 11.8 Å². The van der Waals surface area contributed by atoms with E-state index in [4.69, 9.17) is 4.74 Å². The van der Waals surface area contributed by atoms with Crippen LogP contribution in [-0.4, -0.2) is 35.0 Å². The van der Waals surface area contributed by atoms with E-state index in [1.165, 1.54) is 0 Å². The molecule has 0 aliphatic heterocycles. The molecule has 0 fully saturated rings. The maximum Gasteiger partial charge on any atom is 0.183 e. The number of aryl methyl sites for hydroxylation is 1. The van der Waals surface area contributed by atoms with Crippen LogP contribution in [0.3, 0.4) is 0 Å². The van der Waals surface area contributed by atoms with Gasteiger partial charge in [-0.1, -0.05) is 12.1 Å². The number of hydrogen-bond donors (Lipinski definition) is 1. The van der Waals surface area contributed by atoms with E-state index in [2.05, 4.69) is 10.3 Å². The summed E-state index contributed by atoms with van der Waals surface area (Å²) in [5.74, 6) is 0.671. The number of nitrogens with zero attached hydrogens (tertiary/aromatic N) is 2. The van der Waals surface area contributed by atoms with Crippen molar-refractivity contribution in [1.82, 2.24) is 14.9 Å². The molecule has 5 heteroatoms. The molecule has 1 heterocycles. The third kappa shape index (κ3) is 4.16. The van der Waals surface area contributed by atoms with Gasteiger partial charge in [0.2, 0.25) is 0 Å². The Bertz CT molecular complexity index is 567. The SMILES string of the molecule is COc1ccccc1C(=O)C(C)NCCCn1ccnc1. The summed E-state index contributed by atoms with van der Waals surface area (Å²) in [6.07, 6.45) is 6.44. The van der Waals surface area contributed by atoms with E-state index in [0.717, 1.165) is 19.5 Å². The van der Waals surface area contributed by atoms with Crippen molar-refractivity contribution in [2.75, 3.05) is 13.7 Å². The molecule has 1 unspecified atom stereocenters. The Morgan fingerprint density at radius 3 is 2.95 bits per heavy atom. The average molecular weight is 287 g/mol. The number of methoxy groups -OCH3 is 1. The fourth-order valence-corrected chi connectivity index (χ4v) is 2.17. The summed E-state index contributed by atoms with van der Waals surface area (Å²) < 4.78 is 7.25. The molecule has 0 bridgehead atoms. The lowest BCUT2D eigenvalue weighted by Crippen LogP contribution is -2.35. The summed E-state index contributed by atoms with van der Waals surface area (Å²) in [7, 11) is 1.58. The summed E-state index contributed by atoms with van der Waals surface area (Å²) in [6.45, 7) is 3.55. The molecule has 0 saturated heterocycles. The average Bonchev–Trinajstić information content (AvgIpc) is 3.04. The molecule has 1 aromatic heterocycles. The van der Waals surface area contributed by atoms with E-state index < -0.39 is 0 Å². The molecule has 1 N–H and O–H groups in total. The van der Waals surface area contributed by atoms with E-state index in [1.54, 1.807) is 31.8 Å². The highest BCUT2D eigenvalue weighted by Crippen LogP contribution is 2.18. The fraction of sp³-hybridized carbons (Fsp3) is 0.375. The zero-order valence-corrected chi connectivity index (χ0v) is 12.5. The van der Waals surface area contributed by atoms with Crippen molar-refractivity contribution in [1.29, 1.82) is 0 Å². The van der Waals surface area contributed by atoms with Gasteiger partial charge in [0, 0.05) is 18.9 Å². The Morgan fingerprint density at radius 1 is 1.43 bits per heavy atom. The first kappa shape index (κ1) is 15.3. The highest BCUT2D eigenvalue weighted by molar-refractivity contribution is 6.02. The molecule has 0 saturated carbocycles. The zero-order valence-electron chi connectivity index (χ0n) is 12.5. The quantitative estimate of drug-likeness (QED) is 0.597. The first-order valence-electron chi connectivity index (χ1n) is 7.08. The van der Waals surface area contributed by atoms with Crippen molar-refractivity contribution in [3.8, 4) is 5.75 Å². The maximum atomic E-state index is 12.4. The van der Waals surface area contributed by atoms with Crippen LogP contribution < -0.4 is 10.1 Å². The van der Waals surface area contributed by atoms with Crippen LogP contribution in [0.25, 0.3) is 0 Å². The van der Waals surface area contributed by atoms with Crippen LogP contribution in [0.1, 0.15) is 23.7 Å². The number of carbonyl (C=O) groups is 1. The van der Waals surface area contributed by atoms with Crippen molar-refractivity contribution in [3.63, 3.8) is 0 Å². The number of ether oxygens (including phenoxy) is 1. The van der Waals surface area contributed by atoms with Crippen molar-refractivity contribution in [3.05, 3.63) is 48.5 Å². The molecule has 1 aromatic carbocycles. The third-order valence-electron chi connectivity index (χ3n) is 3.37. The van der Waals surface area contributed by atoms with Crippen LogP contribution >= 0.6 is 0 Å². The molecular formula is C16H21N3O2. The fourth-order valence-electron chi connectivity index (χ4n) is 2.17. The molecule has 112 valence electrons. The number of hydrogen-bond acceptors (Lipinski definition) is 4. The lowest BCUT2D eigenvalue weighted by Gasteiger charge is -2.14. The second-order valence-corrected chi connectivity index (χ2v) is 4.89. The molecule has 21 heavy (non-hydrogen) atoms. The maximum absolute atomic E-state index is 12.4. The molecule has 0 radical (unpaired) electrons. The van der Waals surface area contributed by atoms with Gasteiger partial charge >= 0.3 is 0 Å². The molecular weight excluding hydrogens is 266 g/mol. The first-order valence-corrected chi connectivity index (χ1v) is 7.08. The molecule has 5 nitrogen and oxygen atoms in total. The Labute approximate surface area is 125 Å². The van der Waals surface area contributed by atoms with Crippen LogP contribution in [-0.2, 0) is 6.54 Å². The first-order chi connectivity index (χ1) is 10.2. The predicted molar refractivity (Wildman–Crippen MR) is 81.6 cm³/mol. The van der Waals surface area contributed by atoms with E-state index in [9.17, 15) is 4.79 Å². The summed E-state index contributed by atoms with van der Waals surface area (Å²) in [5, 5.41) is 3.26. The van der Waals surface area contributed by atoms with Crippen molar-refractivity contribution in [2.24, 2.45) is 0 Å². The molecule has 1 atom stereocenters. The van der Waals surface area contributed by atoms with Gasteiger partial charge in [-0.25, -0.2) is 4.98 Å². The van der Waals surface area contributed by atoms with E-state index in [0.29, 0.717) is 11.3 Å². The second kappa shape index (κ2) is 7.59. The highest BCUT2D eigenvalue weighted by atomic mass is 16.5. The number of para-hydroxylation sites is 1. The van der Waals surface area contributed by atoms with Gasteiger partial charge in [0.1, 0.15) is 5.75 Å². The van der Waals surface area contributed by atoms with E-state index >= 15 is 0 Å². The van der Waals surface area contributed by atoms with Crippen LogP contribution in [0.4, 0.5) is 0 Å². The highest BCUT2D eigenvalue weighted by Gasteiger charge is 2.17. The largest absolute Gasteiger partial charge is 0.496 e. The van der Waals surface area contributed by atoms with Gasteiger partial charge < -0.3 is 14.6 Å². The smallest absolute Gasteiger partial charge is 0.183 e. The summed E-state index contributed by atoms with van der Waals surface area (Å²) in [6, 6.07) is 7.08. The predicted octanol–water partition coefficient (Wildman–Crippen LogP) is 2.14. The Kier molecular flexibility index (Phi) is 5.51. The Hall–Kier alpha value is -2.14. The number of imidazole rings is 1. The van der Waals surface area contributed by atoms with Crippen LogP contribution in [0.5, 0.6) is 5.75 Å².